The summed E-state index contributed by atoms with van der Waals surface area (Å²) in [6, 6.07) is 4.75. The van der Waals surface area contributed by atoms with Crippen molar-refractivity contribution < 1.29 is 13.2 Å². The Bertz CT molecular complexity index is 715. The van der Waals surface area contributed by atoms with Gasteiger partial charge in [0.05, 0.1) is 22.5 Å². The van der Waals surface area contributed by atoms with Gasteiger partial charge < -0.3 is 0 Å². The number of alkyl halides is 3. The highest BCUT2D eigenvalue weighted by Crippen LogP contribution is 2.34. The summed E-state index contributed by atoms with van der Waals surface area (Å²) in [7, 11) is 1.48. The quantitative estimate of drug-likeness (QED) is 0.683. The van der Waals surface area contributed by atoms with E-state index < -0.39 is 11.7 Å². The molecule has 0 spiro atoms. The van der Waals surface area contributed by atoms with Crippen molar-refractivity contribution in [3.63, 3.8) is 0 Å². The SMILES string of the molecule is CN(N)c1c(C#N)cnn1-c1ccc(C(F)(F)F)cc1Cl. The van der Waals surface area contributed by atoms with Crippen molar-refractivity contribution in [3.05, 3.63) is 40.5 Å². The zero-order valence-electron chi connectivity index (χ0n) is 10.7. The molecule has 110 valence electrons. The number of hydrogen-bond acceptors (Lipinski definition) is 4. The molecule has 0 saturated heterocycles. The highest BCUT2D eigenvalue weighted by molar-refractivity contribution is 6.32. The number of halogens is 4. The minimum atomic E-state index is -4.49. The first-order chi connectivity index (χ1) is 9.75. The van der Waals surface area contributed by atoms with Gasteiger partial charge in [0.1, 0.15) is 11.6 Å². The Kier molecular flexibility index (Phi) is 3.80. The van der Waals surface area contributed by atoms with Crippen LogP contribution in [0.25, 0.3) is 5.69 Å². The Morgan fingerprint density at radius 3 is 2.57 bits per heavy atom. The molecule has 0 fully saturated rings. The van der Waals surface area contributed by atoms with Crippen LogP contribution in [0.3, 0.4) is 0 Å². The largest absolute Gasteiger partial charge is 0.416 e. The maximum Gasteiger partial charge on any atom is 0.416 e. The van der Waals surface area contributed by atoms with Gasteiger partial charge in [-0.25, -0.2) is 10.5 Å². The molecule has 0 atom stereocenters. The second-order valence-electron chi connectivity index (χ2n) is 4.18. The van der Waals surface area contributed by atoms with Crippen LogP contribution < -0.4 is 10.9 Å². The topological polar surface area (TPSA) is 70.9 Å². The lowest BCUT2D eigenvalue weighted by Gasteiger charge is -2.16. The summed E-state index contributed by atoms with van der Waals surface area (Å²) < 4.78 is 39.1. The van der Waals surface area contributed by atoms with Crippen LogP contribution in [0.15, 0.2) is 24.4 Å². The Morgan fingerprint density at radius 1 is 1.43 bits per heavy atom. The molecule has 1 heterocycles. The average molecular weight is 316 g/mol. The molecule has 0 bridgehead atoms. The Balaban J connectivity index is 2.59. The fourth-order valence-corrected chi connectivity index (χ4v) is 2.05. The molecule has 2 rings (SSSR count). The van der Waals surface area contributed by atoms with Crippen LogP contribution in [0.2, 0.25) is 5.02 Å². The van der Waals surface area contributed by atoms with Gasteiger partial charge in [0, 0.05) is 7.05 Å². The molecule has 21 heavy (non-hydrogen) atoms. The van der Waals surface area contributed by atoms with Gasteiger partial charge in [-0.1, -0.05) is 11.6 Å². The van der Waals surface area contributed by atoms with E-state index in [1.54, 1.807) is 0 Å². The Labute approximate surface area is 122 Å². The number of nitriles is 1. The van der Waals surface area contributed by atoms with E-state index in [9.17, 15) is 13.2 Å². The van der Waals surface area contributed by atoms with Gasteiger partial charge in [-0.3, -0.25) is 5.01 Å². The van der Waals surface area contributed by atoms with Gasteiger partial charge in [0.2, 0.25) is 0 Å². The molecule has 0 aliphatic carbocycles. The summed E-state index contributed by atoms with van der Waals surface area (Å²) in [5, 5.41) is 13.9. The first-order valence-electron chi connectivity index (χ1n) is 5.59. The van der Waals surface area contributed by atoms with E-state index in [-0.39, 0.29) is 22.1 Å². The summed E-state index contributed by atoms with van der Waals surface area (Å²) in [5.74, 6) is 5.84. The van der Waals surface area contributed by atoms with Gasteiger partial charge in [-0.05, 0) is 18.2 Å². The van der Waals surface area contributed by atoms with Gasteiger partial charge in [0.25, 0.3) is 0 Å². The highest BCUT2D eigenvalue weighted by atomic mass is 35.5. The molecule has 9 heteroatoms. The van der Waals surface area contributed by atoms with E-state index in [4.69, 9.17) is 22.7 Å². The number of hydrazine groups is 1. The summed E-state index contributed by atoms with van der Waals surface area (Å²) in [4.78, 5) is 0. The van der Waals surface area contributed by atoms with Crippen molar-refractivity contribution in [3.8, 4) is 11.8 Å². The van der Waals surface area contributed by atoms with Crippen LogP contribution in [0, 0.1) is 11.3 Å². The van der Waals surface area contributed by atoms with Crippen molar-refractivity contribution in [2.75, 3.05) is 12.1 Å². The average Bonchev–Trinajstić information content (AvgIpc) is 2.81. The third-order valence-electron chi connectivity index (χ3n) is 2.70. The first-order valence-corrected chi connectivity index (χ1v) is 5.97. The maximum atomic E-state index is 12.6. The molecule has 0 aliphatic heterocycles. The summed E-state index contributed by atoms with van der Waals surface area (Å²) in [6.07, 6.45) is -3.23. The molecular weight excluding hydrogens is 307 g/mol. The van der Waals surface area contributed by atoms with E-state index in [2.05, 4.69) is 5.10 Å². The zero-order valence-corrected chi connectivity index (χ0v) is 11.4. The normalized spacial score (nSPS) is 11.3. The van der Waals surface area contributed by atoms with Crippen LogP contribution >= 0.6 is 11.6 Å². The fraction of sp³-hybridized carbons (Fsp3) is 0.167. The third-order valence-corrected chi connectivity index (χ3v) is 3.00. The molecule has 0 aliphatic rings. The molecule has 2 aromatic rings. The molecule has 1 aromatic carbocycles. The van der Waals surface area contributed by atoms with E-state index in [0.29, 0.717) is 0 Å². The van der Waals surface area contributed by atoms with Crippen LogP contribution in [-0.2, 0) is 6.18 Å². The monoisotopic (exact) mass is 315 g/mol. The number of hydrogen-bond donors (Lipinski definition) is 1. The number of rotatable bonds is 2. The molecule has 0 amide bonds. The molecule has 0 unspecified atom stereocenters. The number of aromatic nitrogens is 2. The number of nitrogens with zero attached hydrogens (tertiary/aromatic N) is 4. The van der Waals surface area contributed by atoms with Gasteiger partial charge in [-0.15, -0.1) is 0 Å². The summed E-state index contributed by atoms with van der Waals surface area (Å²) in [5.41, 5.74) is -0.499. The standard InChI is InChI=1S/C12H9ClF3N5/c1-20(18)11-7(5-17)6-19-21(11)10-3-2-8(4-9(10)13)12(14,15)16/h2-4,6H,18H2,1H3. The van der Waals surface area contributed by atoms with Crippen molar-refractivity contribution in [1.82, 2.24) is 9.78 Å². The third kappa shape index (κ3) is 2.79. The Hall–Kier alpha value is -2.24. The number of anilines is 1. The predicted octanol–water partition coefficient (Wildman–Crippen LogP) is 2.73. The van der Waals surface area contributed by atoms with Crippen LogP contribution in [0.1, 0.15) is 11.1 Å². The van der Waals surface area contributed by atoms with Crippen LogP contribution in [0.4, 0.5) is 19.0 Å². The highest BCUT2D eigenvalue weighted by Gasteiger charge is 2.31. The lowest BCUT2D eigenvalue weighted by atomic mass is 10.2. The lowest BCUT2D eigenvalue weighted by molar-refractivity contribution is -0.137. The smallest absolute Gasteiger partial charge is 0.297 e. The predicted molar refractivity (Wildman–Crippen MR) is 70.9 cm³/mol. The molecular formula is C12H9ClF3N5. The minimum Gasteiger partial charge on any atom is -0.297 e. The molecule has 1 aromatic heterocycles. The van der Waals surface area contributed by atoms with Crippen LogP contribution in [0.5, 0.6) is 0 Å². The van der Waals surface area contributed by atoms with Crippen molar-refractivity contribution in [1.29, 1.82) is 5.26 Å². The van der Waals surface area contributed by atoms with Gasteiger partial charge in [0.15, 0.2) is 5.82 Å². The molecule has 0 radical (unpaired) electrons. The lowest BCUT2D eigenvalue weighted by Crippen LogP contribution is -2.28. The number of benzene rings is 1. The Morgan fingerprint density at radius 2 is 2.10 bits per heavy atom. The van der Waals surface area contributed by atoms with Crippen molar-refractivity contribution >= 4 is 17.4 Å². The second-order valence-corrected chi connectivity index (χ2v) is 4.59. The fourth-order valence-electron chi connectivity index (χ4n) is 1.79. The van der Waals surface area contributed by atoms with E-state index in [1.807, 2.05) is 6.07 Å². The van der Waals surface area contributed by atoms with E-state index >= 15 is 0 Å². The molecule has 2 N–H and O–H groups in total. The van der Waals surface area contributed by atoms with Crippen molar-refractivity contribution in [2.45, 2.75) is 6.18 Å². The molecule has 5 nitrogen and oxygen atoms in total. The van der Waals surface area contributed by atoms with E-state index in [0.717, 1.165) is 17.1 Å². The molecule has 0 saturated carbocycles. The van der Waals surface area contributed by atoms with E-state index in [1.165, 1.54) is 24.0 Å². The minimum absolute atomic E-state index is 0.152. The maximum absolute atomic E-state index is 12.6. The van der Waals surface area contributed by atoms with Crippen LogP contribution in [-0.4, -0.2) is 16.8 Å². The second kappa shape index (κ2) is 5.27. The van der Waals surface area contributed by atoms with Crippen molar-refractivity contribution in [2.24, 2.45) is 5.84 Å². The first kappa shape index (κ1) is 15.2. The van der Waals surface area contributed by atoms with Gasteiger partial charge in [-0.2, -0.15) is 23.5 Å². The summed E-state index contributed by atoms with van der Waals surface area (Å²) in [6.45, 7) is 0. The van der Waals surface area contributed by atoms with Gasteiger partial charge >= 0.3 is 6.18 Å². The zero-order chi connectivity index (χ0) is 15.8. The summed E-state index contributed by atoms with van der Waals surface area (Å²) >= 11 is 5.90. The number of nitrogens with two attached hydrogens (primary N) is 1.